The van der Waals surface area contributed by atoms with Gasteiger partial charge in [-0.1, -0.05) is 68.3 Å². The molecule has 0 spiro atoms. The lowest BCUT2D eigenvalue weighted by Gasteiger charge is -2.39. The highest BCUT2D eigenvalue weighted by Gasteiger charge is 2.36. The molecule has 176 valence electrons. The molecule has 0 fully saturated rings. The van der Waals surface area contributed by atoms with E-state index < -0.39 is 6.17 Å². The molecule has 0 radical (unpaired) electrons. The third kappa shape index (κ3) is 4.92. The molecule has 5 nitrogen and oxygen atoms in total. The Kier molecular flexibility index (Phi) is 6.79. The van der Waals surface area contributed by atoms with E-state index in [1.807, 2.05) is 91.0 Å². The Morgan fingerprint density at radius 1 is 0.886 bits per heavy atom. The van der Waals surface area contributed by atoms with Crippen molar-refractivity contribution in [3.8, 4) is 11.5 Å². The summed E-state index contributed by atoms with van der Waals surface area (Å²) < 4.78 is 13.4. The molecule has 0 bridgehead atoms. The van der Waals surface area contributed by atoms with E-state index in [0.717, 1.165) is 25.8 Å². The number of anilines is 2. The van der Waals surface area contributed by atoms with Gasteiger partial charge in [0.1, 0.15) is 24.3 Å². The number of carbonyl (C=O) groups excluding carboxylic acids is 1. The molecule has 35 heavy (non-hydrogen) atoms. The molecule has 4 aromatic carbocycles. The molecule has 1 aliphatic rings. The second kappa shape index (κ2) is 10.1. The number of hydrogen-bond donors (Lipinski definition) is 1. The number of ether oxygens (including phenoxy) is 2. The van der Waals surface area contributed by atoms with E-state index in [1.165, 1.54) is 0 Å². The standard InChI is InChI=1S/C28H22Br2N2O3/c1-34-22-9-5-8-21(16-22)32-27(31-25-12-10-19(29)14-23(25)28(32)33)24-15-20(30)11-13-26(24)35-17-18-6-3-2-4-7-18/h2-16,27,31H,17H2,1H3/t27-/m1/s1. The highest BCUT2D eigenvalue weighted by atomic mass is 79.9. The van der Waals surface area contributed by atoms with E-state index in [4.69, 9.17) is 9.47 Å². The summed E-state index contributed by atoms with van der Waals surface area (Å²) in [6, 6.07) is 29.0. The van der Waals surface area contributed by atoms with Crippen LogP contribution in [0.4, 0.5) is 11.4 Å². The van der Waals surface area contributed by atoms with Crippen molar-refractivity contribution in [2.24, 2.45) is 0 Å². The Morgan fingerprint density at radius 3 is 2.46 bits per heavy atom. The maximum absolute atomic E-state index is 13.9. The monoisotopic (exact) mass is 592 g/mol. The number of fused-ring (bicyclic) bond motifs is 1. The molecule has 1 atom stereocenters. The lowest BCUT2D eigenvalue weighted by atomic mass is 10.0. The van der Waals surface area contributed by atoms with Crippen LogP contribution in [-0.4, -0.2) is 13.0 Å². The van der Waals surface area contributed by atoms with E-state index in [2.05, 4.69) is 37.2 Å². The van der Waals surface area contributed by atoms with Gasteiger partial charge in [0.05, 0.1) is 18.4 Å². The van der Waals surface area contributed by atoms with Gasteiger partial charge in [0.2, 0.25) is 0 Å². The third-order valence-electron chi connectivity index (χ3n) is 5.82. The molecule has 0 aromatic heterocycles. The van der Waals surface area contributed by atoms with E-state index in [9.17, 15) is 4.79 Å². The lowest BCUT2D eigenvalue weighted by Crippen LogP contribution is -2.43. The van der Waals surface area contributed by atoms with Crippen LogP contribution in [0.3, 0.4) is 0 Å². The first kappa shape index (κ1) is 23.5. The van der Waals surface area contributed by atoms with Gasteiger partial charge in [0.15, 0.2) is 0 Å². The van der Waals surface area contributed by atoms with Gasteiger partial charge in [-0.05, 0) is 54.1 Å². The summed E-state index contributed by atoms with van der Waals surface area (Å²) in [5, 5.41) is 3.57. The number of methoxy groups -OCH3 is 1. The summed E-state index contributed by atoms with van der Waals surface area (Å²) in [5.74, 6) is 1.24. The Hall–Kier alpha value is -3.29. The van der Waals surface area contributed by atoms with Crippen LogP contribution in [0.15, 0.2) is 99.9 Å². The number of amides is 1. The summed E-state index contributed by atoms with van der Waals surface area (Å²) >= 11 is 7.10. The number of benzene rings is 4. The molecule has 1 aliphatic heterocycles. The van der Waals surface area contributed by atoms with E-state index >= 15 is 0 Å². The average Bonchev–Trinajstić information content (AvgIpc) is 2.89. The number of nitrogens with one attached hydrogen (secondary N) is 1. The molecular weight excluding hydrogens is 572 g/mol. The van der Waals surface area contributed by atoms with Crippen molar-refractivity contribution >= 4 is 49.1 Å². The van der Waals surface area contributed by atoms with E-state index in [-0.39, 0.29) is 5.91 Å². The fourth-order valence-electron chi connectivity index (χ4n) is 4.12. The lowest BCUT2D eigenvalue weighted by molar-refractivity contribution is 0.0974. The van der Waals surface area contributed by atoms with Crippen LogP contribution in [0.2, 0.25) is 0 Å². The van der Waals surface area contributed by atoms with Gasteiger partial charge in [0.25, 0.3) is 5.91 Å². The Labute approximate surface area is 220 Å². The Balaban J connectivity index is 1.61. The van der Waals surface area contributed by atoms with Gasteiger partial charge >= 0.3 is 0 Å². The molecule has 7 heteroatoms. The molecular formula is C28H22Br2N2O3. The minimum Gasteiger partial charge on any atom is -0.497 e. The Bertz CT molecular complexity index is 1380. The summed E-state index contributed by atoms with van der Waals surface area (Å²) in [7, 11) is 1.61. The Morgan fingerprint density at radius 2 is 1.66 bits per heavy atom. The molecule has 1 N–H and O–H groups in total. The molecule has 0 unspecified atom stereocenters. The van der Waals surface area contributed by atoms with Gasteiger partial charge in [-0.15, -0.1) is 0 Å². The van der Waals surface area contributed by atoms with E-state index in [0.29, 0.717) is 29.4 Å². The van der Waals surface area contributed by atoms with Gasteiger partial charge in [0, 0.05) is 26.3 Å². The van der Waals surface area contributed by atoms with Crippen molar-refractivity contribution in [3.05, 3.63) is 117 Å². The number of rotatable bonds is 6. The average molecular weight is 594 g/mol. The maximum atomic E-state index is 13.9. The predicted octanol–water partition coefficient (Wildman–Crippen LogP) is 7.57. The van der Waals surface area contributed by atoms with Gasteiger partial charge in [-0.3, -0.25) is 9.69 Å². The number of halogens is 2. The van der Waals surface area contributed by atoms with Crippen LogP contribution in [0, 0.1) is 0 Å². The first-order valence-corrected chi connectivity index (χ1v) is 12.6. The predicted molar refractivity (Wildman–Crippen MR) is 145 cm³/mol. The van der Waals surface area contributed by atoms with Crippen molar-refractivity contribution in [2.45, 2.75) is 12.8 Å². The SMILES string of the molecule is COc1cccc(N2C(=O)c3cc(Br)ccc3N[C@H]2c2cc(Br)ccc2OCc2ccccc2)c1. The smallest absolute Gasteiger partial charge is 0.262 e. The van der Waals surface area contributed by atoms with E-state index in [1.54, 1.807) is 12.0 Å². The van der Waals surface area contributed by atoms with Crippen molar-refractivity contribution in [2.75, 3.05) is 17.3 Å². The molecule has 0 aliphatic carbocycles. The fourth-order valence-corrected chi connectivity index (χ4v) is 4.86. The molecule has 0 saturated heterocycles. The van der Waals surface area contributed by atoms with Crippen LogP contribution in [0.25, 0.3) is 0 Å². The minimum absolute atomic E-state index is 0.118. The second-order valence-electron chi connectivity index (χ2n) is 8.07. The topological polar surface area (TPSA) is 50.8 Å². The van der Waals surface area contributed by atoms with Crippen LogP contribution in [-0.2, 0) is 6.61 Å². The maximum Gasteiger partial charge on any atom is 0.262 e. The van der Waals surface area contributed by atoms with Crippen LogP contribution < -0.4 is 19.7 Å². The molecule has 4 aromatic rings. The second-order valence-corrected chi connectivity index (χ2v) is 9.90. The zero-order valence-electron chi connectivity index (χ0n) is 18.9. The van der Waals surface area contributed by atoms with Crippen molar-refractivity contribution in [3.63, 3.8) is 0 Å². The number of carbonyl (C=O) groups is 1. The third-order valence-corrected chi connectivity index (χ3v) is 6.80. The molecule has 1 amide bonds. The quantitative estimate of drug-likeness (QED) is 0.250. The fraction of sp³-hybridized carbons (Fsp3) is 0.107. The number of hydrogen-bond acceptors (Lipinski definition) is 4. The largest absolute Gasteiger partial charge is 0.497 e. The van der Waals surface area contributed by atoms with Crippen molar-refractivity contribution in [1.82, 2.24) is 0 Å². The molecule has 5 rings (SSSR count). The first-order valence-electron chi connectivity index (χ1n) is 11.0. The summed E-state index contributed by atoms with van der Waals surface area (Å²) in [6.07, 6.45) is -0.508. The van der Waals surface area contributed by atoms with Crippen LogP contribution >= 0.6 is 31.9 Å². The minimum atomic E-state index is -0.508. The number of nitrogens with zero attached hydrogens (tertiary/aromatic N) is 1. The van der Waals surface area contributed by atoms with Gasteiger partial charge in [-0.25, -0.2) is 0 Å². The van der Waals surface area contributed by atoms with Crippen molar-refractivity contribution < 1.29 is 14.3 Å². The summed E-state index contributed by atoms with van der Waals surface area (Å²) in [6.45, 7) is 0.416. The highest BCUT2D eigenvalue weighted by molar-refractivity contribution is 9.10. The van der Waals surface area contributed by atoms with Gasteiger partial charge in [-0.2, -0.15) is 0 Å². The molecule has 0 saturated carbocycles. The van der Waals surface area contributed by atoms with Crippen molar-refractivity contribution in [1.29, 1.82) is 0 Å². The first-order chi connectivity index (χ1) is 17.0. The van der Waals surface area contributed by atoms with Crippen LogP contribution in [0.5, 0.6) is 11.5 Å². The summed E-state index contributed by atoms with van der Waals surface area (Å²) in [5.41, 5.74) is 3.96. The normalized spacial score (nSPS) is 14.8. The van der Waals surface area contributed by atoms with Gasteiger partial charge < -0.3 is 14.8 Å². The zero-order valence-corrected chi connectivity index (χ0v) is 22.0. The summed E-state index contributed by atoms with van der Waals surface area (Å²) in [4.78, 5) is 15.6. The van der Waals surface area contributed by atoms with Crippen LogP contribution in [0.1, 0.15) is 27.7 Å². The zero-order chi connectivity index (χ0) is 24.4. The molecule has 1 heterocycles. The highest BCUT2D eigenvalue weighted by Crippen LogP contribution is 2.42.